The molecule has 6 nitrogen and oxygen atoms in total. The number of hydrogen-bond donors (Lipinski definition) is 2. The molecule has 2 N–H and O–H groups in total. The van der Waals surface area contributed by atoms with E-state index < -0.39 is 18.4 Å². The van der Waals surface area contributed by atoms with Gasteiger partial charge in [0.05, 0.1) is 6.20 Å². The zero-order valence-electron chi connectivity index (χ0n) is 9.93. The number of allylic oxidation sites excluding steroid dienone is 2. The molecule has 0 aliphatic rings. The first-order valence-electron chi connectivity index (χ1n) is 5.02. The number of hydrogen-bond acceptors (Lipinski definition) is 4. The zero-order chi connectivity index (χ0) is 14.0. The number of amides is 1. The second-order valence-electron chi connectivity index (χ2n) is 3.07. The number of carboxylic acid groups (broad SMARTS) is 1. The van der Waals surface area contributed by atoms with E-state index in [0.29, 0.717) is 12.1 Å². The maximum absolute atomic E-state index is 11.6. The summed E-state index contributed by atoms with van der Waals surface area (Å²) >= 11 is 0. The fourth-order valence-corrected chi connectivity index (χ4v) is 0.948. The van der Waals surface area contributed by atoms with Crippen LogP contribution in [-0.2, 0) is 9.59 Å². The smallest absolute Gasteiger partial charge is 0.322 e. The van der Waals surface area contributed by atoms with Crippen LogP contribution in [-0.4, -0.2) is 36.0 Å². The lowest BCUT2D eigenvalue weighted by Gasteiger charge is -2.03. The molecular formula is C12H15N3O3. The summed E-state index contributed by atoms with van der Waals surface area (Å²) in [5.74, 6) is -1.79. The number of carbonyl (C=O) groups is 2. The highest BCUT2D eigenvalue weighted by Gasteiger charge is 2.10. The van der Waals surface area contributed by atoms with Gasteiger partial charge in [0.2, 0.25) is 0 Å². The number of rotatable bonds is 8. The van der Waals surface area contributed by atoms with Crippen LogP contribution in [0.5, 0.6) is 0 Å². The Morgan fingerprint density at radius 3 is 2.44 bits per heavy atom. The van der Waals surface area contributed by atoms with Crippen LogP contribution >= 0.6 is 0 Å². The van der Waals surface area contributed by atoms with Gasteiger partial charge in [0.1, 0.15) is 12.2 Å². The molecule has 6 heteroatoms. The molecule has 0 saturated carbocycles. The highest BCUT2D eigenvalue weighted by atomic mass is 16.4. The Labute approximate surface area is 105 Å². The lowest BCUT2D eigenvalue weighted by atomic mass is 10.2. The third-order valence-corrected chi connectivity index (χ3v) is 1.70. The summed E-state index contributed by atoms with van der Waals surface area (Å²) < 4.78 is 0. The van der Waals surface area contributed by atoms with Gasteiger partial charge in [0.25, 0.3) is 5.91 Å². The second kappa shape index (κ2) is 8.63. The molecule has 0 aliphatic carbocycles. The summed E-state index contributed by atoms with van der Waals surface area (Å²) in [6, 6.07) is 0. The summed E-state index contributed by atoms with van der Waals surface area (Å²) in [4.78, 5) is 29.4. The van der Waals surface area contributed by atoms with Gasteiger partial charge in [-0.25, -0.2) is 4.99 Å². The number of aliphatic imine (C=N–C) groups is 2. The monoisotopic (exact) mass is 249 g/mol. The number of carboxylic acids is 1. The summed E-state index contributed by atoms with van der Waals surface area (Å²) in [5, 5.41) is 10.6. The first kappa shape index (κ1) is 15.5. The van der Waals surface area contributed by atoms with E-state index in [0.717, 1.165) is 6.20 Å². The normalized spacial score (nSPS) is 11.6. The van der Waals surface area contributed by atoms with Gasteiger partial charge in [-0.15, -0.1) is 6.58 Å². The third-order valence-electron chi connectivity index (χ3n) is 1.70. The third kappa shape index (κ3) is 6.16. The number of carbonyl (C=O) groups excluding carboxylic acids is 1. The van der Waals surface area contributed by atoms with Crippen molar-refractivity contribution in [3.05, 3.63) is 37.2 Å². The van der Waals surface area contributed by atoms with Crippen LogP contribution in [0.15, 0.2) is 47.2 Å². The van der Waals surface area contributed by atoms with Crippen LogP contribution < -0.4 is 5.32 Å². The number of aliphatic carboxylic acids is 1. The average molecular weight is 249 g/mol. The van der Waals surface area contributed by atoms with Crippen molar-refractivity contribution in [1.82, 2.24) is 5.32 Å². The van der Waals surface area contributed by atoms with Crippen LogP contribution in [0.25, 0.3) is 0 Å². The number of nitrogens with zero attached hydrogens (tertiary/aromatic N) is 2. The van der Waals surface area contributed by atoms with Crippen LogP contribution in [0.1, 0.15) is 6.42 Å². The van der Waals surface area contributed by atoms with Crippen molar-refractivity contribution in [2.75, 3.05) is 6.54 Å². The van der Waals surface area contributed by atoms with Gasteiger partial charge >= 0.3 is 5.97 Å². The Kier molecular flexibility index (Phi) is 7.43. The van der Waals surface area contributed by atoms with Crippen LogP contribution in [0.4, 0.5) is 0 Å². The van der Waals surface area contributed by atoms with Crippen LogP contribution in [0, 0.1) is 0 Å². The summed E-state index contributed by atoms with van der Waals surface area (Å²) in [6.07, 6.45) is 4.66. The van der Waals surface area contributed by atoms with E-state index in [1.54, 1.807) is 6.08 Å². The van der Waals surface area contributed by atoms with Gasteiger partial charge in [0.15, 0.2) is 0 Å². The van der Waals surface area contributed by atoms with Gasteiger partial charge in [-0.2, -0.15) is 0 Å². The van der Waals surface area contributed by atoms with Gasteiger partial charge in [-0.3, -0.25) is 14.6 Å². The topological polar surface area (TPSA) is 91.1 Å². The molecule has 0 rings (SSSR count). The van der Waals surface area contributed by atoms with E-state index in [9.17, 15) is 9.59 Å². The Balaban J connectivity index is 4.96. The summed E-state index contributed by atoms with van der Waals surface area (Å²) in [6.45, 7) is 9.82. The molecule has 0 bridgehead atoms. The molecule has 0 heterocycles. The molecular weight excluding hydrogens is 234 g/mol. The fraction of sp³-hybridized carbons (Fsp3) is 0.167. The minimum absolute atomic E-state index is 0.0389. The molecule has 1 amide bonds. The van der Waals surface area contributed by atoms with Crippen molar-refractivity contribution >= 4 is 24.3 Å². The molecule has 0 radical (unpaired) electrons. The summed E-state index contributed by atoms with van der Waals surface area (Å²) in [5.41, 5.74) is 0.480. The van der Waals surface area contributed by atoms with Crippen molar-refractivity contribution in [3.63, 3.8) is 0 Å². The van der Waals surface area contributed by atoms with Crippen molar-refractivity contribution in [1.29, 1.82) is 0 Å². The molecule has 0 aromatic carbocycles. The molecule has 0 aromatic rings. The van der Waals surface area contributed by atoms with Gasteiger partial charge in [-0.05, 0) is 12.8 Å². The highest BCUT2D eigenvalue weighted by molar-refractivity contribution is 6.02. The molecule has 0 aromatic heterocycles. The van der Waals surface area contributed by atoms with E-state index in [2.05, 4.69) is 35.2 Å². The van der Waals surface area contributed by atoms with Gasteiger partial charge in [0, 0.05) is 12.1 Å². The first-order chi connectivity index (χ1) is 8.54. The Bertz CT molecular complexity index is 422. The van der Waals surface area contributed by atoms with Crippen molar-refractivity contribution in [3.8, 4) is 0 Å². The fourth-order valence-electron chi connectivity index (χ4n) is 0.948. The van der Waals surface area contributed by atoms with E-state index in [1.807, 2.05) is 0 Å². The predicted molar refractivity (Wildman–Crippen MR) is 70.7 cm³/mol. The van der Waals surface area contributed by atoms with Gasteiger partial charge < -0.3 is 10.4 Å². The van der Waals surface area contributed by atoms with E-state index >= 15 is 0 Å². The molecule has 0 aliphatic heterocycles. The van der Waals surface area contributed by atoms with E-state index in [4.69, 9.17) is 5.11 Å². The lowest BCUT2D eigenvalue weighted by molar-refractivity contribution is -0.137. The second-order valence-corrected chi connectivity index (χ2v) is 3.07. The van der Waals surface area contributed by atoms with Crippen molar-refractivity contribution in [2.24, 2.45) is 9.98 Å². The van der Waals surface area contributed by atoms with Crippen LogP contribution in [0.3, 0.4) is 0 Å². The highest BCUT2D eigenvalue weighted by Crippen LogP contribution is 2.02. The Morgan fingerprint density at radius 2 is 2.00 bits per heavy atom. The largest absolute Gasteiger partial charge is 0.480 e. The molecule has 0 fully saturated rings. The first-order valence-corrected chi connectivity index (χ1v) is 5.02. The summed E-state index contributed by atoms with van der Waals surface area (Å²) in [7, 11) is 0. The lowest BCUT2D eigenvalue weighted by Crippen LogP contribution is -2.30. The Morgan fingerprint density at radius 1 is 1.33 bits per heavy atom. The van der Waals surface area contributed by atoms with Crippen LogP contribution in [0.2, 0.25) is 0 Å². The molecule has 96 valence electrons. The van der Waals surface area contributed by atoms with Gasteiger partial charge in [-0.1, -0.05) is 12.7 Å². The SMILES string of the molecule is C=CCC(C=C)=N/C(=C\N=C)C(=O)NCC(=O)O. The maximum atomic E-state index is 11.6. The minimum atomic E-state index is -1.15. The quantitative estimate of drug-likeness (QED) is 0.381. The molecule has 0 unspecified atom stereocenters. The zero-order valence-corrected chi connectivity index (χ0v) is 9.93. The molecule has 0 atom stereocenters. The van der Waals surface area contributed by atoms with E-state index in [-0.39, 0.29) is 5.70 Å². The number of nitrogens with one attached hydrogen (secondary N) is 1. The van der Waals surface area contributed by atoms with Crippen molar-refractivity contribution in [2.45, 2.75) is 6.42 Å². The predicted octanol–water partition coefficient (Wildman–Crippen LogP) is 0.932. The minimum Gasteiger partial charge on any atom is -0.480 e. The van der Waals surface area contributed by atoms with Crippen molar-refractivity contribution < 1.29 is 14.7 Å². The average Bonchev–Trinajstić information content (AvgIpc) is 2.34. The molecule has 0 spiro atoms. The molecule has 0 saturated heterocycles. The van der Waals surface area contributed by atoms with E-state index in [1.165, 1.54) is 6.08 Å². The Hall–Kier alpha value is -2.50. The molecule has 18 heavy (non-hydrogen) atoms. The standard InChI is InChI=1S/C12H15N3O3/c1-4-6-9(5-2)15-10(7-13-3)12(18)14-8-11(16)17/h4-5,7H,1-3,6,8H2,(H,14,18)(H,16,17)/b10-7-,15-9?. The maximum Gasteiger partial charge on any atom is 0.322 e.